The molecule has 2 aromatic carbocycles. The van der Waals surface area contributed by atoms with Gasteiger partial charge in [-0.15, -0.1) is 0 Å². The molecule has 2 aromatic rings. The molecule has 0 N–H and O–H groups in total. The fourth-order valence-corrected chi connectivity index (χ4v) is 4.16. The molecule has 1 saturated heterocycles. The number of fused-ring (bicyclic) bond motifs is 1. The zero-order valence-corrected chi connectivity index (χ0v) is 12.1. The molecule has 0 spiro atoms. The number of sulfonamides is 1. The molecule has 0 radical (unpaired) electrons. The van der Waals surface area contributed by atoms with Gasteiger partial charge in [0.05, 0.1) is 17.5 Å². The van der Waals surface area contributed by atoms with E-state index in [1.54, 1.807) is 19.2 Å². The summed E-state index contributed by atoms with van der Waals surface area (Å²) in [7, 11) is -1.86. The molecular weight excluding hydrogens is 274 g/mol. The van der Waals surface area contributed by atoms with E-state index in [9.17, 15) is 8.42 Å². The molecule has 106 valence electrons. The summed E-state index contributed by atoms with van der Waals surface area (Å²) in [6.45, 7) is 1.10. The molecule has 0 aromatic heterocycles. The molecule has 1 aliphatic heterocycles. The molecule has 0 bridgehead atoms. The highest BCUT2D eigenvalue weighted by atomic mass is 32.2. The van der Waals surface area contributed by atoms with Crippen LogP contribution in [-0.2, 0) is 14.8 Å². The van der Waals surface area contributed by atoms with E-state index >= 15 is 0 Å². The second-order valence-electron chi connectivity index (χ2n) is 5.02. The lowest BCUT2D eigenvalue weighted by atomic mass is 10.1. The maximum Gasteiger partial charge on any atom is 0.243 e. The number of likely N-dealkylation sites (N-methyl/N-ethyl adjacent to an activating group) is 1. The Morgan fingerprint density at radius 1 is 1.15 bits per heavy atom. The Bertz CT molecular complexity index is 715. The van der Waals surface area contributed by atoms with Crippen LogP contribution in [0.15, 0.2) is 47.4 Å². The van der Waals surface area contributed by atoms with Gasteiger partial charge in [-0.25, -0.2) is 8.42 Å². The van der Waals surface area contributed by atoms with Crippen LogP contribution < -0.4 is 0 Å². The lowest BCUT2D eigenvalue weighted by Gasteiger charge is -2.23. The summed E-state index contributed by atoms with van der Waals surface area (Å²) in [5, 5.41) is 1.70. The van der Waals surface area contributed by atoms with E-state index < -0.39 is 10.0 Å². The molecule has 0 amide bonds. The maximum absolute atomic E-state index is 12.8. The van der Waals surface area contributed by atoms with Crippen molar-refractivity contribution in [1.82, 2.24) is 4.31 Å². The van der Waals surface area contributed by atoms with Gasteiger partial charge in [0.25, 0.3) is 0 Å². The molecule has 0 aliphatic carbocycles. The first-order valence-corrected chi connectivity index (χ1v) is 8.08. The largest absolute Gasteiger partial charge is 0.380 e. The fourth-order valence-electron chi connectivity index (χ4n) is 2.58. The summed E-state index contributed by atoms with van der Waals surface area (Å²) in [5.41, 5.74) is 0. The van der Waals surface area contributed by atoms with Gasteiger partial charge in [0.15, 0.2) is 0 Å². The monoisotopic (exact) mass is 291 g/mol. The second-order valence-corrected chi connectivity index (χ2v) is 6.98. The van der Waals surface area contributed by atoms with Crippen molar-refractivity contribution in [3.05, 3.63) is 42.5 Å². The van der Waals surface area contributed by atoms with E-state index in [2.05, 4.69) is 0 Å². The van der Waals surface area contributed by atoms with Crippen LogP contribution in [0.1, 0.15) is 6.42 Å². The quantitative estimate of drug-likeness (QED) is 0.871. The average molecular weight is 291 g/mol. The second kappa shape index (κ2) is 5.16. The van der Waals surface area contributed by atoms with Crippen LogP contribution in [0.5, 0.6) is 0 Å². The molecular formula is C15H17NO3S. The highest BCUT2D eigenvalue weighted by Gasteiger charge is 2.31. The van der Waals surface area contributed by atoms with Gasteiger partial charge >= 0.3 is 0 Å². The number of ether oxygens (including phenoxy) is 1. The lowest BCUT2D eigenvalue weighted by Crippen LogP contribution is -2.37. The van der Waals surface area contributed by atoms with Crippen molar-refractivity contribution in [3.8, 4) is 0 Å². The summed E-state index contributed by atoms with van der Waals surface area (Å²) < 4.78 is 32.3. The average Bonchev–Trinajstić information content (AvgIpc) is 2.99. The van der Waals surface area contributed by atoms with Gasteiger partial charge in [-0.1, -0.05) is 36.4 Å². The smallest absolute Gasteiger partial charge is 0.243 e. The SMILES string of the molecule is CN(C1CCOC1)S(=O)(=O)c1cccc2ccccc12. The van der Waals surface area contributed by atoms with E-state index in [0.717, 1.165) is 17.2 Å². The summed E-state index contributed by atoms with van der Waals surface area (Å²) in [6.07, 6.45) is 0.750. The van der Waals surface area contributed by atoms with Crippen LogP contribution in [0.25, 0.3) is 10.8 Å². The molecule has 1 heterocycles. The topological polar surface area (TPSA) is 46.6 Å². The minimum atomic E-state index is -3.50. The molecule has 5 heteroatoms. The predicted molar refractivity (Wildman–Crippen MR) is 78.1 cm³/mol. The number of rotatable bonds is 3. The Hall–Kier alpha value is -1.43. The fraction of sp³-hybridized carbons (Fsp3) is 0.333. The van der Waals surface area contributed by atoms with Gasteiger partial charge in [-0.2, -0.15) is 4.31 Å². The van der Waals surface area contributed by atoms with Crippen LogP contribution in [-0.4, -0.2) is 39.0 Å². The van der Waals surface area contributed by atoms with Crippen molar-refractivity contribution in [2.24, 2.45) is 0 Å². The first kappa shape index (κ1) is 13.5. The van der Waals surface area contributed by atoms with Gasteiger partial charge in [-0.05, 0) is 17.9 Å². The molecule has 1 unspecified atom stereocenters. The van der Waals surface area contributed by atoms with E-state index in [0.29, 0.717) is 18.1 Å². The summed E-state index contributed by atoms with van der Waals surface area (Å²) >= 11 is 0. The van der Waals surface area contributed by atoms with Gasteiger partial charge < -0.3 is 4.74 Å². The first-order valence-electron chi connectivity index (χ1n) is 6.64. The van der Waals surface area contributed by atoms with Gasteiger partial charge in [-0.3, -0.25) is 0 Å². The van der Waals surface area contributed by atoms with Crippen molar-refractivity contribution in [2.75, 3.05) is 20.3 Å². The third-order valence-electron chi connectivity index (χ3n) is 3.83. The van der Waals surface area contributed by atoms with E-state index in [1.807, 2.05) is 30.3 Å². The Balaban J connectivity index is 2.09. The van der Waals surface area contributed by atoms with Crippen molar-refractivity contribution in [1.29, 1.82) is 0 Å². The first-order chi connectivity index (χ1) is 9.60. The normalized spacial score (nSPS) is 19.8. The van der Waals surface area contributed by atoms with Crippen molar-refractivity contribution >= 4 is 20.8 Å². The van der Waals surface area contributed by atoms with E-state index in [4.69, 9.17) is 4.74 Å². The van der Waals surface area contributed by atoms with Gasteiger partial charge in [0.2, 0.25) is 10.0 Å². The maximum atomic E-state index is 12.8. The molecule has 3 rings (SSSR count). The minimum absolute atomic E-state index is 0.0704. The van der Waals surface area contributed by atoms with Gasteiger partial charge in [0, 0.05) is 19.0 Å². The van der Waals surface area contributed by atoms with Gasteiger partial charge in [0.1, 0.15) is 0 Å². The standard InChI is InChI=1S/C15H17NO3S/c1-16(13-9-10-19-11-13)20(17,18)15-8-4-6-12-5-2-3-7-14(12)15/h2-8,13H,9-11H2,1H3. The molecule has 1 fully saturated rings. The van der Waals surface area contributed by atoms with E-state index in [-0.39, 0.29) is 6.04 Å². The zero-order valence-electron chi connectivity index (χ0n) is 11.3. The highest BCUT2D eigenvalue weighted by Crippen LogP contribution is 2.27. The number of benzene rings is 2. The van der Waals surface area contributed by atoms with Crippen LogP contribution in [0.4, 0.5) is 0 Å². The summed E-state index contributed by atoms with van der Waals surface area (Å²) in [4.78, 5) is 0.366. The molecule has 4 nitrogen and oxygen atoms in total. The van der Waals surface area contributed by atoms with Crippen molar-refractivity contribution in [3.63, 3.8) is 0 Å². The van der Waals surface area contributed by atoms with Crippen LogP contribution in [0, 0.1) is 0 Å². The number of hydrogen-bond donors (Lipinski definition) is 0. The van der Waals surface area contributed by atoms with Crippen LogP contribution in [0.3, 0.4) is 0 Å². The Morgan fingerprint density at radius 3 is 2.65 bits per heavy atom. The van der Waals surface area contributed by atoms with E-state index in [1.165, 1.54) is 4.31 Å². The molecule has 20 heavy (non-hydrogen) atoms. The summed E-state index contributed by atoms with van der Waals surface area (Å²) in [6, 6.07) is 12.9. The minimum Gasteiger partial charge on any atom is -0.380 e. The third kappa shape index (κ3) is 2.22. The Labute approximate surface area is 119 Å². The number of hydrogen-bond acceptors (Lipinski definition) is 3. The Morgan fingerprint density at radius 2 is 1.90 bits per heavy atom. The third-order valence-corrected chi connectivity index (χ3v) is 5.79. The Kier molecular flexibility index (Phi) is 3.50. The molecule has 1 atom stereocenters. The van der Waals surface area contributed by atoms with Crippen molar-refractivity contribution in [2.45, 2.75) is 17.4 Å². The summed E-state index contributed by atoms with van der Waals surface area (Å²) in [5.74, 6) is 0. The van der Waals surface area contributed by atoms with Crippen LogP contribution in [0.2, 0.25) is 0 Å². The highest BCUT2D eigenvalue weighted by molar-refractivity contribution is 7.89. The molecule has 0 saturated carbocycles. The number of nitrogens with zero attached hydrogens (tertiary/aromatic N) is 1. The van der Waals surface area contributed by atoms with Crippen molar-refractivity contribution < 1.29 is 13.2 Å². The zero-order chi connectivity index (χ0) is 14.2. The molecule has 1 aliphatic rings. The lowest BCUT2D eigenvalue weighted by molar-refractivity contribution is 0.181. The van der Waals surface area contributed by atoms with Crippen LogP contribution >= 0.6 is 0 Å². The predicted octanol–water partition coefficient (Wildman–Crippen LogP) is 2.25.